The molecule has 0 bridgehead atoms. The molecule has 1 unspecified atom stereocenters. The second kappa shape index (κ2) is 5.63. The Bertz CT molecular complexity index is 314. The van der Waals surface area contributed by atoms with Crippen LogP contribution in [0, 0.1) is 3.57 Å². The van der Waals surface area contributed by atoms with Gasteiger partial charge in [0.05, 0.1) is 9.26 Å². The molecule has 0 radical (unpaired) electrons. The van der Waals surface area contributed by atoms with Gasteiger partial charge in [-0.2, -0.15) is 0 Å². The van der Waals surface area contributed by atoms with Gasteiger partial charge in [-0.05, 0) is 35.4 Å². The normalized spacial score (nSPS) is 12.6. The maximum Gasteiger partial charge on any atom is 0.143 e. The van der Waals surface area contributed by atoms with Crippen molar-refractivity contribution in [1.82, 2.24) is 9.97 Å². The Labute approximate surface area is 105 Å². The highest BCUT2D eigenvalue weighted by Gasteiger charge is 2.13. The molecule has 15 heavy (non-hydrogen) atoms. The Kier molecular flexibility index (Phi) is 4.76. The summed E-state index contributed by atoms with van der Waals surface area (Å²) in [5.41, 5.74) is 1.14. The average molecular weight is 319 g/mol. The van der Waals surface area contributed by atoms with Crippen molar-refractivity contribution in [2.45, 2.75) is 39.5 Å². The molecule has 0 aromatic carbocycles. The third kappa shape index (κ3) is 2.80. The van der Waals surface area contributed by atoms with Gasteiger partial charge in [-0.1, -0.05) is 20.8 Å². The van der Waals surface area contributed by atoms with Crippen molar-refractivity contribution in [2.75, 3.05) is 12.4 Å². The van der Waals surface area contributed by atoms with E-state index < -0.39 is 0 Å². The van der Waals surface area contributed by atoms with Gasteiger partial charge in [0.25, 0.3) is 0 Å². The van der Waals surface area contributed by atoms with Crippen LogP contribution in [0.25, 0.3) is 0 Å². The fourth-order valence-corrected chi connectivity index (χ4v) is 2.21. The molecule has 0 spiro atoms. The summed E-state index contributed by atoms with van der Waals surface area (Å²) in [4.78, 5) is 9.15. The minimum atomic E-state index is 0.430. The van der Waals surface area contributed by atoms with Gasteiger partial charge >= 0.3 is 0 Å². The van der Waals surface area contributed by atoms with Crippen LogP contribution in [-0.4, -0.2) is 17.0 Å². The number of hydrogen-bond donors (Lipinski definition) is 1. The van der Waals surface area contributed by atoms with Crippen LogP contribution in [0.3, 0.4) is 0 Å². The summed E-state index contributed by atoms with van der Waals surface area (Å²) in [5.74, 6) is 2.34. The highest BCUT2D eigenvalue weighted by molar-refractivity contribution is 14.1. The quantitative estimate of drug-likeness (QED) is 0.866. The molecule has 1 heterocycles. The molecule has 0 aliphatic rings. The maximum atomic E-state index is 4.61. The first-order valence-electron chi connectivity index (χ1n) is 5.38. The summed E-state index contributed by atoms with van der Waals surface area (Å²) in [5, 5.41) is 3.13. The number of aromatic nitrogens is 2. The molecule has 1 aromatic rings. The predicted octanol–water partition coefficient (Wildman–Crippen LogP) is 3.20. The van der Waals surface area contributed by atoms with Gasteiger partial charge in [-0.25, -0.2) is 9.97 Å². The topological polar surface area (TPSA) is 37.8 Å². The molecule has 0 aliphatic carbocycles. The highest BCUT2D eigenvalue weighted by Crippen LogP contribution is 2.23. The van der Waals surface area contributed by atoms with Gasteiger partial charge < -0.3 is 5.32 Å². The number of nitrogens with zero attached hydrogens (tertiary/aromatic N) is 2. The first-order chi connectivity index (χ1) is 7.13. The lowest BCUT2D eigenvalue weighted by Gasteiger charge is -2.13. The Balaban J connectivity index is 3.20. The lowest BCUT2D eigenvalue weighted by Crippen LogP contribution is -2.09. The number of aryl methyl sites for hydroxylation is 1. The van der Waals surface area contributed by atoms with E-state index in [-0.39, 0.29) is 0 Å². The highest BCUT2D eigenvalue weighted by atomic mass is 127. The van der Waals surface area contributed by atoms with Crippen LogP contribution in [-0.2, 0) is 6.42 Å². The largest absolute Gasteiger partial charge is 0.372 e. The first-order valence-corrected chi connectivity index (χ1v) is 6.45. The monoisotopic (exact) mass is 319 g/mol. The van der Waals surface area contributed by atoms with Crippen molar-refractivity contribution in [2.24, 2.45) is 0 Å². The standard InChI is InChI=1S/C11H18IN3/c1-5-7(3)10-14-8(6-2)9(12)11(13-4)15-10/h7H,5-6H2,1-4H3,(H,13,14,15). The lowest BCUT2D eigenvalue weighted by atomic mass is 10.1. The molecular weight excluding hydrogens is 301 g/mol. The smallest absolute Gasteiger partial charge is 0.143 e. The third-order valence-corrected chi connectivity index (χ3v) is 3.70. The van der Waals surface area contributed by atoms with Crippen LogP contribution < -0.4 is 5.32 Å². The summed E-state index contributed by atoms with van der Waals surface area (Å²) in [6, 6.07) is 0. The van der Waals surface area contributed by atoms with Crippen LogP contribution in [0.1, 0.15) is 44.6 Å². The zero-order valence-electron chi connectivity index (χ0n) is 9.76. The van der Waals surface area contributed by atoms with E-state index in [4.69, 9.17) is 0 Å². The van der Waals surface area contributed by atoms with E-state index >= 15 is 0 Å². The maximum absolute atomic E-state index is 4.61. The molecule has 0 aliphatic heterocycles. The van der Waals surface area contributed by atoms with E-state index in [1.807, 2.05) is 7.05 Å². The van der Waals surface area contributed by atoms with Crippen LogP contribution in [0.15, 0.2) is 0 Å². The Morgan fingerprint density at radius 1 is 1.33 bits per heavy atom. The van der Waals surface area contributed by atoms with E-state index in [2.05, 4.69) is 58.6 Å². The molecular formula is C11H18IN3. The van der Waals surface area contributed by atoms with Gasteiger partial charge in [0, 0.05) is 13.0 Å². The number of rotatable bonds is 4. The summed E-state index contributed by atoms with van der Waals surface area (Å²) in [6.45, 7) is 6.46. The van der Waals surface area contributed by atoms with E-state index in [0.717, 1.165) is 33.7 Å². The van der Waals surface area contributed by atoms with E-state index in [0.29, 0.717) is 5.92 Å². The Morgan fingerprint density at radius 2 is 2.00 bits per heavy atom. The van der Waals surface area contributed by atoms with E-state index in [1.54, 1.807) is 0 Å². The van der Waals surface area contributed by atoms with Gasteiger partial charge in [-0.3, -0.25) is 0 Å². The Morgan fingerprint density at radius 3 is 2.47 bits per heavy atom. The van der Waals surface area contributed by atoms with Crippen LogP contribution in [0.5, 0.6) is 0 Å². The Hall–Kier alpha value is -0.390. The van der Waals surface area contributed by atoms with E-state index in [1.165, 1.54) is 0 Å². The second-order valence-electron chi connectivity index (χ2n) is 3.60. The molecule has 1 atom stereocenters. The zero-order chi connectivity index (χ0) is 11.4. The summed E-state index contributed by atoms with van der Waals surface area (Å²) >= 11 is 2.31. The molecule has 0 amide bonds. The second-order valence-corrected chi connectivity index (χ2v) is 4.68. The fourth-order valence-electron chi connectivity index (χ4n) is 1.32. The predicted molar refractivity (Wildman–Crippen MR) is 72.4 cm³/mol. The summed E-state index contributed by atoms with van der Waals surface area (Å²) < 4.78 is 1.14. The summed E-state index contributed by atoms with van der Waals surface area (Å²) in [7, 11) is 1.91. The number of hydrogen-bond acceptors (Lipinski definition) is 3. The number of anilines is 1. The molecule has 4 heteroatoms. The van der Waals surface area contributed by atoms with Crippen LogP contribution in [0.2, 0.25) is 0 Å². The van der Waals surface area contributed by atoms with Gasteiger partial charge in [0.1, 0.15) is 11.6 Å². The molecule has 0 saturated carbocycles. The minimum Gasteiger partial charge on any atom is -0.372 e. The van der Waals surface area contributed by atoms with Crippen molar-refractivity contribution < 1.29 is 0 Å². The van der Waals surface area contributed by atoms with Crippen molar-refractivity contribution in [3.63, 3.8) is 0 Å². The van der Waals surface area contributed by atoms with Gasteiger partial charge in [0.2, 0.25) is 0 Å². The van der Waals surface area contributed by atoms with Crippen molar-refractivity contribution >= 4 is 28.4 Å². The molecule has 3 nitrogen and oxygen atoms in total. The van der Waals surface area contributed by atoms with Crippen molar-refractivity contribution in [3.8, 4) is 0 Å². The number of nitrogens with one attached hydrogen (secondary N) is 1. The zero-order valence-corrected chi connectivity index (χ0v) is 11.9. The average Bonchev–Trinajstić information content (AvgIpc) is 2.28. The van der Waals surface area contributed by atoms with Gasteiger partial charge in [-0.15, -0.1) is 0 Å². The molecule has 84 valence electrons. The first kappa shape index (κ1) is 12.7. The minimum absolute atomic E-state index is 0.430. The lowest BCUT2D eigenvalue weighted by molar-refractivity contribution is 0.671. The SMILES string of the molecule is CCc1nc(C(C)CC)nc(NC)c1I. The van der Waals surface area contributed by atoms with Crippen molar-refractivity contribution in [3.05, 3.63) is 15.1 Å². The molecule has 0 saturated heterocycles. The molecule has 1 rings (SSSR count). The number of halogens is 1. The summed E-state index contributed by atoms with van der Waals surface area (Å²) in [6.07, 6.45) is 2.03. The molecule has 1 aromatic heterocycles. The molecule has 1 N–H and O–H groups in total. The van der Waals surface area contributed by atoms with Gasteiger partial charge in [0.15, 0.2) is 0 Å². The fraction of sp³-hybridized carbons (Fsp3) is 0.636. The molecule has 0 fully saturated rings. The van der Waals surface area contributed by atoms with Crippen molar-refractivity contribution in [1.29, 1.82) is 0 Å². The third-order valence-electron chi connectivity index (χ3n) is 2.56. The van der Waals surface area contributed by atoms with Crippen LogP contribution >= 0.6 is 22.6 Å². The van der Waals surface area contributed by atoms with E-state index in [9.17, 15) is 0 Å². The van der Waals surface area contributed by atoms with Crippen LogP contribution in [0.4, 0.5) is 5.82 Å².